The molecule has 2 aliphatic rings. The Morgan fingerprint density at radius 3 is 2.55 bits per heavy atom. The zero-order chi connectivity index (χ0) is 22.8. The van der Waals surface area contributed by atoms with Gasteiger partial charge in [-0.15, -0.1) is 0 Å². The molecule has 5 heteroatoms. The third kappa shape index (κ3) is 4.56. The van der Waals surface area contributed by atoms with Gasteiger partial charge >= 0.3 is 0 Å². The number of likely N-dealkylation sites (tertiary alicyclic amines) is 1. The summed E-state index contributed by atoms with van der Waals surface area (Å²) >= 11 is 6.25. The maximum Gasteiger partial charge on any atom is 0.156 e. The number of allylic oxidation sites excluding steroid dienone is 2. The van der Waals surface area contributed by atoms with Gasteiger partial charge in [-0.2, -0.15) is 0 Å². The van der Waals surface area contributed by atoms with Gasteiger partial charge in [-0.25, -0.2) is 0 Å². The predicted molar refractivity (Wildman–Crippen MR) is 132 cm³/mol. The molecule has 1 saturated heterocycles. The van der Waals surface area contributed by atoms with Gasteiger partial charge in [0.25, 0.3) is 0 Å². The van der Waals surface area contributed by atoms with Crippen molar-refractivity contribution in [2.24, 2.45) is 0 Å². The zero-order valence-corrected chi connectivity index (χ0v) is 20.6. The minimum Gasteiger partial charge on any atom is -0.493 e. The molecular weight excluding hydrogens is 406 g/mol. The lowest BCUT2D eigenvalue weighted by molar-refractivity contribution is 0.255. The summed E-state index contributed by atoms with van der Waals surface area (Å²) in [5.41, 5.74) is 4.22. The molecule has 0 bridgehead atoms. The molecule has 3 rings (SSSR count). The lowest BCUT2D eigenvalue weighted by atomic mass is 9.78. The van der Waals surface area contributed by atoms with Crippen molar-refractivity contribution < 1.29 is 4.74 Å². The van der Waals surface area contributed by atoms with Crippen molar-refractivity contribution in [3.05, 3.63) is 52.4 Å². The number of anilines is 1. The number of piperidine rings is 1. The van der Waals surface area contributed by atoms with E-state index in [0.717, 1.165) is 37.3 Å². The highest BCUT2D eigenvalue weighted by Crippen LogP contribution is 2.48. The topological polar surface area (TPSA) is 39.6 Å². The van der Waals surface area contributed by atoms with Crippen LogP contribution in [0.1, 0.15) is 76.3 Å². The van der Waals surface area contributed by atoms with Gasteiger partial charge in [-0.1, -0.05) is 56.5 Å². The van der Waals surface area contributed by atoms with Crippen molar-refractivity contribution in [2.45, 2.75) is 70.6 Å². The molecule has 0 radical (unpaired) electrons. The van der Waals surface area contributed by atoms with E-state index < -0.39 is 0 Å². The van der Waals surface area contributed by atoms with Gasteiger partial charge < -0.3 is 9.64 Å². The molecule has 1 aromatic rings. The van der Waals surface area contributed by atoms with Gasteiger partial charge in [0.05, 0.1) is 28.9 Å². The van der Waals surface area contributed by atoms with E-state index in [1.165, 1.54) is 36.8 Å². The molecule has 2 aliphatic heterocycles. The first-order chi connectivity index (χ1) is 14.7. The molecule has 31 heavy (non-hydrogen) atoms. The summed E-state index contributed by atoms with van der Waals surface area (Å²) in [6.07, 6.45) is 6.79. The van der Waals surface area contributed by atoms with E-state index in [1.807, 2.05) is 11.8 Å². The fourth-order valence-electron chi connectivity index (χ4n) is 5.18. The molecule has 2 heterocycles. The predicted octanol–water partition coefficient (Wildman–Crippen LogP) is 6.76. The molecule has 170 valence electrons. The highest BCUT2D eigenvalue weighted by atomic mass is 35.5. The molecule has 0 aliphatic carbocycles. The Balaban J connectivity index is 2.08. The second-order valence-corrected chi connectivity index (χ2v) is 9.81. The second-order valence-electron chi connectivity index (χ2n) is 9.35. The number of methoxy groups -OCH3 is 1. The summed E-state index contributed by atoms with van der Waals surface area (Å²) in [7, 11) is 3.81. The van der Waals surface area contributed by atoms with Crippen LogP contribution in [0.5, 0.6) is 0 Å². The number of rotatable bonds is 8. The molecule has 1 N–H and O–H groups in total. The minimum absolute atomic E-state index is 0.316. The van der Waals surface area contributed by atoms with Crippen molar-refractivity contribution >= 4 is 23.1 Å². The molecule has 1 aromatic carbocycles. The number of fused-ring (bicyclic) bond motifs is 1. The van der Waals surface area contributed by atoms with Gasteiger partial charge in [0.15, 0.2) is 5.76 Å². The van der Waals surface area contributed by atoms with Crippen LogP contribution in [0.15, 0.2) is 41.3 Å². The van der Waals surface area contributed by atoms with Crippen LogP contribution in [-0.4, -0.2) is 38.0 Å². The smallest absolute Gasteiger partial charge is 0.156 e. The number of benzene rings is 1. The van der Waals surface area contributed by atoms with E-state index in [9.17, 15) is 5.41 Å². The molecule has 0 spiro atoms. The summed E-state index contributed by atoms with van der Waals surface area (Å²) < 4.78 is 5.58. The number of ether oxygens (including phenoxy) is 1. The Morgan fingerprint density at radius 1 is 1.29 bits per heavy atom. The average Bonchev–Trinajstić information content (AvgIpc) is 2.95. The Bertz CT molecular complexity index is 869. The van der Waals surface area contributed by atoms with E-state index in [0.29, 0.717) is 22.5 Å². The summed E-state index contributed by atoms with van der Waals surface area (Å²) in [4.78, 5) is 4.45. The van der Waals surface area contributed by atoms with Gasteiger partial charge in [-0.3, -0.25) is 10.3 Å². The van der Waals surface area contributed by atoms with Crippen molar-refractivity contribution in [2.75, 3.05) is 32.1 Å². The molecule has 1 unspecified atom stereocenters. The summed E-state index contributed by atoms with van der Waals surface area (Å²) in [5, 5.41) is 9.58. The van der Waals surface area contributed by atoms with E-state index in [4.69, 9.17) is 16.3 Å². The van der Waals surface area contributed by atoms with Gasteiger partial charge in [0.2, 0.25) is 0 Å². The Kier molecular flexibility index (Phi) is 7.54. The minimum atomic E-state index is -0.316. The molecule has 1 atom stereocenters. The zero-order valence-electron chi connectivity index (χ0n) is 19.9. The first-order valence-electron chi connectivity index (χ1n) is 11.6. The molecule has 0 amide bonds. The normalized spacial score (nSPS) is 23.0. The van der Waals surface area contributed by atoms with Gasteiger partial charge in [0.1, 0.15) is 5.84 Å². The average molecular weight is 444 g/mol. The maximum atomic E-state index is 9.22. The van der Waals surface area contributed by atoms with Crippen molar-refractivity contribution in [1.29, 1.82) is 5.41 Å². The Hall–Kier alpha value is -1.78. The van der Waals surface area contributed by atoms with Crippen LogP contribution >= 0.6 is 11.6 Å². The summed E-state index contributed by atoms with van der Waals surface area (Å²) in [6.45, 7) is 12.6. The molecule has 0 aromatic heterocycles. The van der Waals surface area contributed by atoms with Crippen molar-refractivity contribution in [3.63, 3.8) is 0 Å². The van der Waals surface area contributed by atoms with E-state index in [2.05, 4.69) is 50.6 Å². The van der Waals surface area contributed by atoms with Crippen LogP contribution in [0.25, 0.3) is 0 Å². The van der Waals surface area contributed by atoms with Crippen LogP contribution in [0.2, 0.25) is 0 Å². The van der Waals surface area contributed by atoms with E-state index >= 15 is 0 Å². The van der Waals surface area contributed by atoms with Crippen molar-refractivity contribution in [3.8, 4) is 0 Å². The monoisotopic (exact) mass is 443 g/mol. The van der Waals surface area contributed by atoms with Gasteiger partial charge in [-0.05, 0) is 76.4 Å². The largest absolute Gasteiger partial charge is 0.493 e. The SMILES string of the molecule is C=C(Cl)/C(OC)=C(\C)N1C(=N)C(C)(CCCCC)c2ccc(C3CCN(C)CC3)cc21. The number of amidine groups is 1. The third-order valence-corrected chi connectivity index (χ3v) is 7.36. The second kappa shape index (κ2) is 9.79. The van der Waals surface area contributed by atoms with Crippen LogP contribution in [0, 0.1) is 5.41 Å². The molecular formula is C26H38ClN3O. The van der Waals surface area contributed by atoms with Crippen LogP contribution in [0.3, 0.4) is 0 Å². The first-order valence-corrected chi connectivity index (χ1v) is 11.9. The first kappa shape index (κ1) is 23.9. The third-order valence-electron chi connectivity index (χ3n) is 7.19. The highest BCUT2D eigenvalue weighted by Gasteiger charge is 2.45. The standard InChI is InChI=1S/C26H38ClN3O/c1-7-8-9-14-26(4)22-11-10-21(20-12-15-29(5)16-13-20)17-23(22)30(25(26)28)19(3)24(31-6)18(2)27/h10-11,17,20,28H,2,7-9,12-16H2,1,3-6H3/b24-19-,28-25?. The maximum absolute atomic E-state index is 9.22. The molecule has 4 nitrogen and oxygen atoms in total. The van der Waals surface area contributed by atoms with Crippen molar-refractivity contribution in [1.82, 2.24) is 4.90 Å². The summed E-state index contributed by atoms with van der Waals surface area (Å²) in [5.74, 6) is 1.71. The quantitative estimate of drug-likeness (QED) is 0.274. The van der Waals surface area contributed by atoms with E-state index in [-0.39, 0.29) is 5.41 Å². The Labute approximate surface area is 193 Å². The van der Waals surface area contributed by atoms with Crippen LogP contribution < -0.4 is 4.90 Å². The highest BCUT2D eigenvalue weighted by molar-refractivity contribution is 6.31. The number of hydrogen-bond donors (Lipinski definition) is 1. The fraction of sp³-hybridized carbons (Fsp3) is 0.577. The lowest BCUT2D eigenvalue weighted by Crippen LogP contribution is -2.37. The summed E-state index contributed by atoms with van der Waals surface area (Å²) in [6, 6.07) is 6.90. The number of halogens is 1. The van der Waals surface area contributed by atoms with E-state index in [1.54, 1.807) is 7.11 Å². The van der Waals surface area contributed by atoms with Crippen LogP contribution in [-0.2, 0) is 10.2 Å². The van der Waals surface area contributed by atoms with Gasteiger partial charge in [0, 0.05) is 0 Å². The number of nitrogens with one attached hydrogen (secondary N) is 1. The number of hydrogen-bond acceptors (Lipinski definition) is 3. The fourth-order valence-corrected chi connectivity index (χ4v) is 5.39. The lowest BCUT2D eigenvalue weighted by Gasteiger charge is -2.30. The number of unbranched alkanes of at least 4 members (excludes halogenated alkanes) is 2. The number of nitrogens with zero attached hydrogens (tertiary/aromatic N) is 2. The Morgan fingerprint density at radius 2 is 1.97 bits per heavy atom. The molecule has 1 fully saturated rings. The molecule has 0 saturated carbocycles. The van der Waals surface area contributed by atoms with Crippen LogP contribution in [0.4, 0.5) is 5.69 Å².